The quantitative estimate of drug-likeness (QED) is 0.0803. The van der Waals surface area contributed by atoms with Crippen molar-refractivity contribution in [3.8, 4) is 5.75 Å². The maximum atomic E-state index is 14.2. The summed E-state index contributed by atoms with van der Waals surface area (Å²) in [6.07, 6.45) is 2.47. The Bertz CT molecular complexity index is 1750. The van der Waals surface area contributed by atoms with Crippen LogP contribution in [0.2, 0.25) is 6.32 Å². The number of imide groups is 1. The number of hydrogen-bond acceptors (Lipinski definition) is 8. The molecule has 12 heteroatoms. The molecule has 1 aliphatic carbocycles. The van der Waals surface area contributed by atoms with Crippen LogP contribution in [-0.4, -0.2) is 53.8 Å². The van der Waals surface area contributed by atoms with Crippen LogP contribution in [0.15, 0.2) is 83.9 Å². The van der Waals surface area contributed by atoms with Crippen molar-refractivity contribution in [2.45, 2.75) is 31.7 Å². The van der Waals surface area contributed by atoms with Gasteiger partial charge in [-0.05, 0) is 77.5 Å². The van der Waals surface area contributed by atoms with Crippen LogP contribution in [0, 0.1) is 33.7 Å². The second-order valence-electron chi connectivity index (χ2n) is 11.8. The molecule has 46 heavy (non-hydrogen) atoms. The highest BCUT2D eigenvalue weighted by molar-refractivity contribution is 6.43. The minimum Gasteiger partial charge on any atom is -0.505 e. The topological polar surface area (TPSA) is 139 Å². The summed E-state index contributed by atoms with van der Waals surface area (Å²) >= 11 is 0. The summed E-state index contributed by atoms with van der Waals surface area (Å²) in [6.45, 7) is 0.206. The smallest absolute Gasteiger partial charge is 0.455 e. The number of ether oxygens (including phenoxy) is 1. The number of non-ortho nitro benzene ring substituents is 1. The molecule has 0 spiro atoms. The third-order valence-electron chi connectivity index (χ3n) is 9.06. The fourth-order valence-electron chi connectivity index (χ4n) is 7.12. The van der Waals surface area contributed by atoms with Crippen LogP contribution in [0.25, 0.3) is 11.6 Å². The van der Waals surface area contributed by atoms with Crippen LogP contribution in [0.5, 0.6) is 5.75 Å². The van der Waals surface area contributed by atoms with Crippen LogP contribution in [-0.2, 0) is 19.0 Å². The van der Waals surface area contributed by atoms with E-state index in [1.165, 1.54) is 36.4 Å². The van der Waals surface area contributed by atoms with Crippen molar-refractivity contribution in [2.75, 3.05) is 18.6 Å². The Morgan fingerprint density at radius 3 is 2.61 bits per heavy atom. The summed E-state index contributed by atoms with van der Waals surface area (Å²) < 4.78 is 25.8. The largest absolute Gasteiger partial charge is 0.505 e. The van der Waals surface area contributed by atoms with E-state index >= 15 is 0 Å². The first-order valence-electron chi connectivity index (χ1n) is 15.1. The number of anilines is 1. The Labute approximate surface area is 265 Å². The molecule has 0 radical (unpaired) electrons. The number of benzene rings is 3. The van der Waals surface area contributed by atoms with Crippen molar-refractivity contribution in [1.29, 1.82) is 0 Å². The van der Waals surface area contributed by atoms with Gasteiger partial charge in [-0.1, -0.05) is 48.5 Å². The molecule has 3 aliphatic rings. The Morgan fingerprint density at radius 2 is 1.89 bits per heavy atom. The Morgan fingerprint density at radius 1 is 1.11 bits per heavy atom. The number of carbonyl (C=O) groups is 2. The molecule has 2 heterocycles. The molecule has 0 saturated carbocycles. The zero-order chi connectivity index (χ0) is 32.5. The lowest BCUT2D eigenvalue weighted by molar-refractivity contribution is -0.384. The number of halogens is 1. The van der Waals surface area contributed by atoms with Crippen LogP contribution in [0.4, 0.5) is 15.8 Å². The van der Waals surface area contributed by atoms with Gasteiger partial charge in [0.25, 0.3) is 5.69 Å². The van der Waals surface area contributed by atoms with Crippen molar-refractivity contribution in [3.05, 3.63) is 111 Å². The number of carbonyl (C=O) groups excluding carboxylic acids is 2. The fourth-order valence-corrected chi connectivity index (χ4v) is 7.12. The number of nitro benzene ring substituents is 1. The van der Waals surface area contributed by atoms with Gasteiger partial charge in [-0.3, -0.25) is 19.7 Å². The molecule has 236 valence electrons. The summed E-state index contributed by atoms with van der Waals surface area (Å²) in [4.78, 5) is 39.6. The average Bonchev–Trinajstić information content (AvgIpc) is 3.30. The first-order valence-corrected chi connectivity index (χ1v) is 15.1. The molecule has 4 atom stereocenters. The van der Waals surface area contributed by atoms with Gasteiger partial charge in [0, 0.05) is 19.2 Å². The van der Waals surface area contributed by atoms with E-state index < -0.39 is 59.3 Å². The number of nitro groups is 1. The van der Waals surface area contributed by atoms with Gasteiger partial charge in [0.05, 0.1) is 35.2 Å². The number of rotatable bonds is 9. The summed E-state index contributed by atoms with van der Waals surface area (Å²) in [7, 11) is 0.359. The average molecular weight is 626 g/mol. The molecule has 2 aliphatic heterocycles. The first-order chi connectivity index (χ1) is 22.2. The van der Waals surface area contributed by atoms with E-state index in [0.717, 1.165) is 27.2 Å². The molecule has 6 rings (SSSR count). The van der Waals surface area contributed by atoms with E-state index in [4.69, 9.17) is 9.39 Å². The van der Waals surface area contributed by atoms with Crippen molar-refractivity contribution < 1.29 is 38.4 Å². The predicted octanol–water partition coefficient (Wildman–Crippen LogP) is 5.41. The van der Waals surface area contributed by atoms with Gasteiger partial charge in [-0.15, -0.1) is 0 Å². The van der Waals surface area contributed by atoms with Crippen molar-refractivity contribution in [1.82, 2.24) is 0 Å². The van der Waals surface area contributed by atoms with Gasteiger partial charge in [0.1, 0.15) is 0 Å². The number of fused-ring (bicyclic) bond motifs is 3. The molecule has 0 bridgehead atoms. The standard InChI is InChI=1S/C34H32BFN2O8/c1-45-19-23-16-26-32(34(41)37(33(26)40)24-8-5-9-25(17-24)38(43)44)27-18-35(42)46-30(31(23)27)13-11-22(21-6-3-2-4-7-21)14-20-10-12-29(39)28(36)15-20/h2-10,12,14-15,17,26-27,30,32,39,42H,11,13,16,18-19H2,1H3/b22-14-/t26-,27+,30-,32-/m1/s1. The summed E-state index contributed by atoms with van der Waals surface area (Å²) in [6, 6.07) is 19.2. The molecule has 2 fully saturated rings. The third kappa shape index (κ3) is 5.98. The van der Waals surface area contributed by atoms with E-state index in [-0.39, 0.29) is 30.7 Å². The highest BCUT2D eigenvalue weighted by Gasteiger charge is 2.57. The van der Waals surface area contributed by atoms with E-state index in [9.17, 15) is 34.2 Å². The lowest BCUT2D eigenvalue weighted by atomic mass is 9.58. The van der Waals surface area contributed by atoms with Gasteiger partial charge < -0.3 is 19.5 Å². The minimum absolute atomic E-state index is 0.107. The summed E-state index contributed by atoms with van der Waals surface area (Å²) in [5, 5.41) is 32.0. The van der Waals surface area contributed by atoms with E-state index in [1.807, 2.05) is 36.4 Å². The van der Waals surface area contributed by atoms with Gasteiger partial charge >= 0.3 is 7.12 Å². The van der Waals surface area contributed by atoms with Gasteiger partial charge in [-0.2, -0.15) is 0 Å². The molecule has 2 amide bonds. The van der Waals surface area contributed by atoms with Crippen molar-refractivity contribution >= 4 is 42.0 Å². The number of amides is 2. The van der Waals surface area contributed by atoms with Crippen LogP contribution in [0.1, 0.15) is 30.4 Å². The normalized spacial score (nSPS) is 23.1. The molecule has 0 unspecified atom stereocenters. The second-order valence-corrected chi connectivity index (χ2v) is 11.8. The van der Waals surface area contributed by atoms with Crippen molar-refractivity contribution in [2.24, 2.45) is 17.8 Å². The van der Waals surface area contributed by atoms with Crippen molar-refractivity contribution in [3.63, 3.8) is 0 Å². The SMILES string of the molecule is COCC1=C2[C@@H](CC/C(=C/c3ccc(O)c(F)c3)c3ccccc3)OB(O)C[C@@H]2[C@@H]2C(=O)N(c3cccc([N+](=O)[O-])c3)C(=O)[C@@H]2C1. The predicted molar refractivity (Wildman–Crippen MR) is 169 cm³/mol. The number of allylic oxidation sites excluding steroid dienone is 1. The molecule has 10 nitrogen and oxygen atoms in total. The highest BCUT2D eigenvalue weighted by atomic mass is 19.1. The molecule has 3 aromatic carbocycles. The highest BCUT2D eigenvalue weighted by Crippen LogP contribution is 2.51. The molecule has 2 saturated heterocycles. The van der Waals surface area contributed by atoms with Crippen LogP contribution in [0.3, 0.4) is 0 Å². The number of methoxy groups -OCH3 is 1. The molecule has 2 N–H and O–H groups in total. The molecule has 0 aromatic heterocycles. The fraction of sp³-hybridized carbons (Fsp3) is 0.294. The van der Waals surface area contributed by atoms with E-state index in [1.54, 1.807) is 13.2 Å². The lowest BCUT2D eigenvalue weighted by Crippen LogP contribution is -2.46. The maximum absolute atomic E-state index is 14.2. The lowest BCUT2D eigenvalue weighted by Gasteiger charge is -2.43. The zero-order valence-corrected chi connectivity index (χ0v) is 25.0. The first kappa shape index (κ1) is 31.3. The molecular weight excluding hydrogens is 594 g/mol. The Kier molecular flexibility index (Phi) is 8.85. The molecular formula is C34H32BFN2O8. The minimum atomic E-state index is -1.19. The second kappa shape index (κ2) is 13.0. The number of aromatic hydroxyl groups is 1. The summed E-state index contributed by atoms with van der Waals surface area (Å²) in [5.41, 5.74) is 3.91. The number of phenols is 1. The van der Waals surface area contributed by atoms with Gasteiger partial charge in [0.15, 0.2) is 11.6 Å². The Balaban J connectivity index is 1.33. The number of nitrogens with zero attached hydrogens (tertiary/aromatic N) is 2. The van der Waals surface area contributed by atoms with E-state index in [2.05, 4.69) is 0 Å². The number of phenolic OH excluding ortho intramolecular Hbond substituents is 1. The maximum Gasteiger partial charge on any atom is 0.455 e. The zero-order valence-electron chi connectivity index (χ0n) is 25.0. The molecule has 3 aromatic rings. The van der Waals surface area contributed by atoms with Gasteiger partial charge in [0.2, 0.25) is 11.8 Å². The van der Waals surface area contributed by atoms with Crippen LogP contribution >= 0.6 is 0 Å². The number of hydrogen-bond donors (Lipinski definition) is 2. The van der Waals surface area contributed by atoms with Crippen LogP contribution < -0.4 is 4.90 Å². The Hall–Kier alpha value is -4.65. The van der Waals surface area contributed by atoms with E-state index in [0.29, 0.717) is 18.4 Å². The third-order valence-corrected chi connectivity index (χ3v) is 9.06. The van der Waals surface area contributed by atoms with Gasteiger partial charge in [-0.25, -0.2) is 9.29 Å². The monoisotopic (exact) mass is 626 g/mol. The summed E-state index contributed by atoms with van der Waals surface area (Å²) in [5.74, 6) is -4.05.